The molecule has 2 saturated carbocycles. The molecule has 3 atom stereocenters. The quantitative estimate of drug-likeness (QED) is 0.454. The minimum Gasteiger partial charge on any atom is -0.427 e. The van der Waals surface area contributed by atoms with E-state index < -0.39 is 0 Å². The van der Waals surface area contributed by atoms with Crippen LogP contribution in [-0.4, -0.2) is 54.4 Å². The van der Waals surface area contributed by atoms with E-state index in [2.05, 4.69) is 17.0 Å². The van der Waals surface area contributed by atoms with Gasteiger partial charge in [0.2, 0.25) is 0 Å². The van der Waals surface area contributed by atoms with Gasteiger partial charge in [0.1, 0.15) is 5.75 Å². The molecule has 2 aromatic rings. The fourth-order valence-electron chi connectivity index (χ4n) is 6.34. The summed E-state index contributed by atoms with van der Waals surface area (Å²) in [6, 6.07) is 18.0. The second-order valence-corrected chi connectivity index (χ2v) is 10.6. The highest BCUT2D eigenvalue weighted by Gasteiger charge is 2.49. The number of ether oxygens (including phenoxy) is 1. The number of carbonyl (C=O) groups is 2. The molecule has 2 aliphatic carbocycles. The first-order valence-electron chi connectivity index (χ1n) is 12.8. The molecule has 0 radical (unpaired) electrons. The van der Waals surface area contributed by atoms with Gasteiger partial charge in [-0.2, -0.15) is 0 Å². The van der Waals surface area contributed by atoms with Crippen molar-refractivity contribution in [3.05, 3.63) is 65.7 Å². The van der Waals surface area contributed by atoms with E-state index in [1.54, 1.807) is 0 Å². The number of hydrogen-bond donors (Lipinski definition) is 0. The van der Waals surface area contributed by atoms with E-state index in [4.69, 9.17) is 4.74 Å². The average Bonchev–Trinajstić information content (AvgIpc) is 3.67. The summed E-state index contributed by atoms with van der Waals surface area (Å²) in [4.78, 5) is 29.5. The summed E-state index contributed by atoms with van der Waals surface area (Å²) in [5.41, 5.74) is 1.99. The van der Waals surface area contributed by atoms with Crippen molar-refractivity contribution in [1.82, 2.24) is 9.80 Å². The maximum Gasteiger partial charge on any atom is 0.308 e. The third kappa shape index (κ3) is 4.76. The summed E-state index contributed by atoms with van der Waals surface area (Å²) < 4.78 is 5.46. The lowest BCUT2D eigenvalue weighted by atomic mass is 9.57. The van der Waals surface area contributed by atoms with E-state index in [0.29, 0.717) is 11.7 Å². The summed E-state index contributed by atoms with van der Waals surface area (Å²) in [5.74, 6) is 1.86. The molecule has 5 heteroatoms. The molecule has 1 amide bonds. The lowest BCUT2D eigenvalue weighted by Crippen LogP contribution is -2.56. The molecule has 1 aliphatic heterocycles. The molecule has 0 spiro atoms. The number of likely N-dealkylation sites (tertiary alicyclic amines) is 1. The zero-order valence-electron chi connectivity index (χ0n) is 20.4. The molecule has 0 N–H and O–H groups in total. The number of nitrogens with zero attached hydrogens (tertiary/aromatic N) is 2. The van der Waals surface area contributed by atoms with Crippen molar-refractivity contribution in [1.29, 1.82) is 0 Å². The van der Waals surface area contributed by atoms with Gasteiger partial charge >= 0.3 is 5.97 Å². The third-order valence-corrected chi connectivity index (χ3v) is 8.36. The number of benzene rings is 2. The van der Waals surface area contributed by atoms with Gasteiger partial charge in [0.15, 0.2) is 0 Å². The van der Waals surface area contributed by atoms with E-state index in [1.807, 2.05) is 54.4 Å². The van der Waals surface area contributed by atoms with Crippen molar-refractivity contribution in [3.63, 3.8) is 0 Å². The Morgan fingerprint density at radius 3 is 2.59 bits per heavy atom. The predicted octanol–water partition coefficient (Wildman–Crippen LogP) is 4.91. The largest absolute Gasteiger partial charge is 0.427 e. The average molecular weight is 461 g/mol. The van der Waals surface area contributed by atoms with Crippen LogP contribution < -0.4 is 4.74 Å². The molecule has 1 saturated heterocycles. The van der Waals surface area contributed by atoms with Crippen LogP contribution >= 0.6 is 0 Å². The van der Waals surface area contributed by atoms with Crippen LogP contribution in [0.3, 0.4) is 0 Å². The number of amides is 1. The summed E-state index contributed by atoms with van der Waals surface area (Å²) in [5, 5.41) is 0. The van der Waals surface area contributed by atoms with E-state index in [9.17, 15) is 9.59 Å². The Balaban J connectivity index is 1.42. The Bertz CT molecular complexity index is 1030. The Labute approximate surface area is 203 Å². The maximum atomic E-state index is 13.3. The second-order valence-electron chi connectivity index (χ2n) is 10.6. The fourth-order valence-corrected chi connectivity index (χ4v) is 6.34. The second kappa shape index (κ2) is 9.53. The lowest BCUT2D eigenvalue weighted by molar-refractivity contribution is -0.131. The molecule has 5 rings (SSSR count). The van der Waals surface area contributed by atoms with Gasteiger partial charge in [-0.05, 0) is 86.7 Å². The van der Waals surface area contributed by atoms with Gasteiger partial charge in [-0.1, -0.05) is 30.3 Å². The molecular weight excluding hydrogens is 424 g/mol. The molecule has 34 heavy (non-hydrogen) atoms. The molecule has 3 fully saturated rings. The first kappa shape index (κ1) is 23.1. The fraction of sp³-hybridized carbons (Fsp3) is 0.517. The van der Waals surface area contributed by atoms with Gasteiger partial charge < -0.3 is 14.5 Å². The topological polar surface area (TPSA) is 49.9 Å². The van der Waals surface area contributed by atoms with E-state index in [0.717, 1.165) is 50.3 Å². The molecule has 1 heterocycles. The Morgan fingerprint density at radius 2 is 1.85 bits per heavy atom. The number of carbonyl (C=O) groups excluding carboxylic acids is 2. The summed E-state index contributed by atoms with van der Waals surface area (Å²) >= 11 is 0. The van der Waals surface area contributed by atoms with E-state index in [-0.39, 0.29) is 23.3 Å². The van der Waals surface area contributed by atoms with Crippen LogP contribution in [0.5, 0.6) is 5.75 Å². The van der Waals surface area contributed by atoms with Crippen molar-refractivity contribution in [2.45, 2.75) is 56.9 Å². The number of fused-ring (bicyclic) bond motifs is 1. The normalized spacial score (nSPS) is 27.0. The third-order valence-electron chi connectivity index (χ3n) is 8.36. The lowest BCUT2D eigenvalue weighted by Gasteiger charge is -2.54. The maximum absolute atomic E-state index is 13.3. The Hall–Kier alpha value is -2.66. The van der Waals surface area contributed by atoms with Crippen LogP contribution in [0.15, 0.2) is 54.6 Å². The Morgan fingerprint density at radius 1 is 1.06 bits per heavy atom. The van der Waals surface area contributed by atoms with E-state index in [1.165, 1.54) is 31.9 Å². The van der Waals surface area contributed by atoms with Gasteiger partial charge in [-0.25, -0.2) is 0 Å². The number of piperidine rings is 1. The number of hydrogen-bond acceptors (Lipinski definition) is 4. The Kier molecular flexibility index (Phi) is 6.48. The van der Waals surface area contributed by atoms with Crippen LogP contribution in [-0.2, 0) is 10.2 Å². The zero-order chi connectivity index (χ0) is 23.7. The van der Waals surface area contributed by atoms with Gasteiger partial charge in [0, 0.05) is 44.1 Å². The van der Waals surface area contributed by atoms with Crippen molar-refractivity contribution >= 4 is 11.9 Å². The molecule has 2 unspecified atom stereocenters. The van der Waals surface area contributed by atoms with E-state index >= 15 is 0 Å². The summed E-state index contributed by atoms with van der Waals surface area (Å²) in [6.45, 7) is 4.89. The summed E-state index contributed by atoms with van der Waals surface area (Å²) in [7, 11) is 1.96. The molecule has 180 valence electrons. The predicted molar refractivity (Wildman–Crippen MR) is 133 cm³/mol. The van der Waals surface area contributed by atoms with Crippen LogP contribution in [0.4, 0.5) is 0 Å². The van der Waals surface area contributed by atoms with Gasteiger partial charge in [0.05, 0.1) is 0 Å². The van der Waals surface area contributed by atoms with Crippen molar-refractivity contribution in [3.8, 4) is 5.75 Å². The molecular formula is C29H36N2O3. The molecule has 0 aromatic heterocycles. The minimum absolute atomic E-state index is 0.00957. The minimum atomic E-state index is -0.292. The van der Waals surface area contributed by atoms with Gasteiger partial charge in [-0.3, -0.25) is 9.59 Å². The number of esters is 1. The molecule has 3 aliphatic rings. The van der Waals surface area contributed by atoms with Gasteiger partial charge in [-0.15, -0.1) is 0 Å². The van der Waals surface area contributed by atoms with Crippen LogP contribution in [0.25, 0.3) is 0 Å². The van der Waals surface area contributed by atoms with Gasteiger partial charge in [0.25, 0.3) is 5.91 Å². The van der Waals surface area contributed by atoms with Crippen molar-refractivity contribution in [2.75, 3.05) is 26.7 Å². The molecule has 0 bridgehead atoms. The molecule has 5 nitrogen and oxygen atoms in total. The standard InChI is InChI=1S/C29H36N2O3/c1-21(32)34-27-10-6-9-24(17-27)29-15-16-31(19-22-11-12-22)20-25(29)13-14-26(18-29)30(2)28(33)23-7-4-3-5-8-23/h3-10,17,22,25-26H,11-16,18-20H2,1-2H3/t25?,26-,29?/m1/s1. The van der Waals surface area contributed by atoms with Crippen molar-refractivity contribution < 1.29 is 14.3 Å². The monoisotopic (exact) mass is 460 g/mol. The highest BCUT2D eigenvalue weighted by molar-refractivity contribution is 5.94. The first-order chi connectivity index (χ1) is 16.4. The number of rotatable bonds is 6. The zero-order valence-corrected chi connectivity index (χ0v) is 20.4. The highest BCUT2D eigenvalue weighted by atomic mass is 16.5. The van der Waals surface area contributed by atoms with Crippen LogP contribution in [0.2, 0.25) is 0 Å². The SMILES string of the molecule is CC(=O)Oc1cccc(C23CCN(CC4CC4)CC2CC[C@@H](N(C)C(=O)c2ccccc2)C3)c1. The first-order valence-corrected chi connectivity index (χ1v) is 12.8. The molecule has 2 aromatic carbocycles. The highest BCUT2D eigenvalue weighted by Crippen LogP contribution is 2.51. The van der Waals surface area contributed by atoms with Crippen molar-refractivity contribution in [2.24, 2.45) is 11.8 Å². The van der Waals surface area contributed by atoms with Crippen LogP contribution in [0.1, 0.15) is 61.4 Å². The summed E-state index contributed by atoms with van der Waals surface area (Å²) in [6.07, 6.45) is 6.93. The van der Waals surface area contributed by atoms with Crippen LogP contribution in [0, 0.1) is 11.8 Å². The smallest absolute Gasteiger partial charge is 0.308 e.